The zero-order valence-electron chi connectivity index (χ0n) is 9.31. The van der Waals surface area contributed by atoms with Gasteiger partial charge in [0.05, 0.1) is 0 Å². The van der Waals surface area contributed by atoms with E-state index >= 15 is 0 Å². The second-order valence-corrected chi connectivity index (χ2v) is 5.12. The van der Waals surface area contributed by atoms with Gasteiger partial charge in [0.2, 0.25) is 5.91 Å². The molecular weight excluding hydrogens is 240 g/mol. The van der Waals surface area contributed by atoms with Crippen LogP contribution in [0.2, 0.25) is 0 Å². The fourth-order valence-electron chi connectivity index (χ4n) is 1.77. The van der Waals surface area contributed by atoms with Crippen molar-refractivity contribution in [3.8, 4) is 0 Å². The Labute approximate surface area is 103 Å². The lowest BCUT2D eigenvalue weighted by molar-refractivity contribution is -0.120. The van der Waals surface area contributed by atoms with Crippen molar-refractivity contribution >= 4 is 23.2 Å². The Morgan fingerprint density at radius 3 is 3.00 bits per heavy atom. The predicted molar refractivity (Wildman–Crippen MR) is 64.2 cm³/mol. The van der Waals surface area contributed by atoms with Crippen LogP contribution in [0.15, 0.2) is 12.1 Å². The van der Waals surface area contributed by atoms with Crippen LogP contribution in [-0.4, -0.2) is 41.5 Å². The summed E-state index contributed by atoms with van der Waals surface area (Å²) >= 11 is 1.30. The molecule has 17 heavy (non-hydrogen) atoms. The summed E-state index contributed by atoms with van der Waals surface area (Å²) in [5.41, 5.74) is 0. The summed E-state index contributed by atoms with van der Waals surface area (Å²) in [7, 11) is 0. The Kier molecular flexibility index (Phi) is 3.75. The van der Waals surface area contributed by atoms with Crippen LogP contribution >= 0.6 is 11.3 Å². The third-order valence-corrected chi connectivity index (χ3v) is 3.72. The number of nitrogens with zero attached hydrogens (tertiary/aromatic N) is 1. The molecular formula is C11H14N2O3S. The van der Waals surface area contributed by atoms with Crippen molar-refractivity contribution in [3.05, 3.63) is 21.9 Å². The molecule has 6 heteroatoms. The molecule has 1 amide bonds. The van der Waals surface area contributed by atoms with Gasteiger partial charge in [-0.25, -0.2) is 4.79 Å². The quantitative estimate of drug-likeness (QED) is 0.836. The van der Waals surface area contributed by atoms with E-state index in [2.05, 4.69) is 10.2 Å². The Balaban J connectivity index is 1.95. The summed E-state index contributed by atoms with van der Waals surface area (Å²) in [6.45, 7) is 2.92. The Hall–Kier alpha value is -1.40. The van der Waals surface area contributed by atoms with E-state index in [0.29, 0.717) is 24.4 Å². The first-order valence-corrected chi connectivity index (χ1v) is 6.28. The van der Waals surface area contributed by atoms with E-state index in [1.54, 1.807) is 6.07 Å². The molecule has 5 nitrogen and oxygen atoms in total. The molecule has 0 aromatic carbocycles. The van der Waals surface area contributed by atoms with E-state index in [1.165, 1.54) is 11.3 Å². The number of carbonyl (C=O) groups is 2. The van der Waals surface area contributed by atoms with Gasteiger partial charge in [-0.05, 0) is 12.1 Å². The molecule has 1 aliphatic heterocycles. The lowest BCUT2D eigenvalue weighted by Gasteiger charge is -2.17. The van der Waals surface area contributed by atoms with Crippen LogP contribution < -0.4 is 5.32 Å². The topological polar surface area (TPSA) is 69.6 Å². The van der Waals surface area contributed by atoms with Gasteiger partial charge in [-0.15, -0.1) is 11.3 Å². The number of carbonyl (C=O) groups excluding carboxylic acids is 1. The molecule has 1 fully saturated rings. The number of amides is 1. The predicted octanol–water partition coefficient (Wildman–Crippen LogP) is 0.768. The van der Waals surface area contributed by atoms with Crippen molar-refractivity contribution in [1.29, 1.82) is 0 Å². The first kappa shape index (κ1) is 12.1. The number of rotatable bonds is 3. The van der Waals surface area contributed by atoms with Gasteiger partial charge in [0, 0.05) is 37.5 Å². The largest absolute Gasteiger partial charge is 0.477 e. The van der Waals surface area contributed by atoms with E-state index in [4.69, 9.17) is 5.11 Å². The molecule has 0 unspecified atom stereocenters. The van der Waals surface area contributed by atoms with Gasteiger partial charge < -0.3 is 10.4 Å². The number of thiophene rings is 1. The molecule has 2 rings (SSSR count). The summed E-state index contributed by atoms with van der Waals surface area (Å²) in [5.74, 6) is -0.793. The van der Waals surface area contributed by atoms with E-state index in [-0.39, 0.29) is 5.91 Å². The molecule has 1 aliphatic rings. The minimum Gasteiger partial charge on any atom is -0.477 e. The summed E-state index contributed by atoms with van der Waals surface area (Å²) in [4.78, 5) is 25.5. The molecule has 0 bridgehead atoms. The average molecular weight is 254 g/mol. The highest BCUT2D eigenvalue weighted by Gasteiger charge is 2.15. The smallest absolute Gasteiger partial charge is 0.345 e. The summed E-state index contributed by atoms with van der Waals surface area (Å²) in [6, 6.07) is 3.47. The Bertz CT molecular complexity index is 430. The molecule has 0 aliphatic carbocycles. The minimum absolute atomic E-state index is 0.0879. The standard InChI is InChI=1S/C11H14N2O3S/c14-10-3-5-13(6-4-12-10)7-8-1-2-9(17-8)11(15)16/h1-2H,3-7H2,(H,12,14)(H,15,16). The highest BCUT2D eigenvalue weighted by Crippen LogP contribution is 2.18. The van der Waals surface area contributed by atoms with Crippen molar-refractivity contribution in [1.82, 2.24) is 10.2 Å². The number of hydrogen-bond acceptors (Lipinski definition) is 4. The number of nitrogens with one attached hydrogen (secondary N) is 1. The molecule has 0 spiro atoms. The van der Waals surface area contributed by atoms with E-state index in [1.807, 2.05) is 6.07 Å². The van der Waals surface area contributed by atoms with Crippen LogP contribution in [-0.2, 0) is 11.3 Å². The summed E-state index contributed by atoms with van der Waals surface area (Å²) in [5, 5.41) is 11.6. The molecule has 0 radical (unpaired) electrons. The fourth-order valence-corrected chi connectivity index (χ4v) is 2.66. The zero-order valence-corrected chi connectivity index (χ0v) is 10.1. The van der Waals surface area contributed by atoms with Crippen LogP contribution in [0.25, 0.3) is 0 Å². The highest BCUT2D eigenvalue weighted by molar-refractivity contribution is 7.13. The number of carboxylic acids is 1. The van der Waals surface area contributed by atoms with Crippen LogP contribution in [0.3, 0.4) is 0 Å². The molecule has 1 aromatic rings. The molecule has 2 heterocycles. The van der Waals surface area contributed by atoms with Gasteiger partial charge in [-0.1, -0.05) is 0 Å². The lowest BCUT2D eigenvalue weighted by Crippen LogP contribution is -2.27. The molecule has 2 N–H and O–H groups in total. The summed E-state index contributed by atoms with van der Waals surface area (Å²) < 4.78 is 0. The van der Waals surface area contributed by atoms with Crippen LogP contribution in [0.5, 0.6) is 0 Å². The third kappa shape index (κ3) is 3.28. The maximum atomic E-state index is 11.2. The van der Waals surface area contributed by atoms with Crippen molar-refractivity contribution in [2.45, 2.75) is 13.0 Å². The van der Waals surface area contributed by atoms with Gasteiger partial charge in [-0.2, -0.15) is 0 Å². The molecule has 1 saturated heterocycles. The lowest BCUT2D eigenvalue weighted by atomic mass is 10.3. The van der Waals surface area contributed by atoms with Gasteiger partial charge in [0.1, 0.15) is 4.88 Å². The van der Waals surface area contributed by atoms with Crippen molar-refractivity contribution in [2.75, 3.05) is 19.6 Å². The van der Waals surface area contributed by atoms with Gasteiger partial charge in [0.25, 0.3) is 0 Å². The fraction of sp³-hybridized carbons (Fsp3) is 0.455. The van der Waals surface area contributed by atoms with Crippen molar-refractivity contribution in [3.63, 3.8) is 0 Å². The van der Waals surface area contributed by atoms with Gasteiger partial charge in [0.15, 0.2) is 0 Å². The molecule has 92 valence electrons. The third-order valence-electron chi connectivity index (χ3n) is 2.66. The second-order valence-electron chi connectivity index (χ2n) is 3.95. The average Bonchev–Trinajstić information content (AvgIpc) is 2.65. The first-order chi connectivity index (χ1) is 8.15. The number of hydrogen-bond donors (Lipinski definition) is 2. The molecule has 1 aromatic heterocycles. The Morgan fingerprint density at radius 1 is 1.47 bits per heavy atom. The first-order valence-electron chi connectivity index (χ1n) is 5.46. The number of aromatic carboxylic acids is 1. The SMILES string of the molecule is O=C1CCN(Cc2ccc(C(=O)O)s2)CCN1. The van der Waals surface area contributed by atoms with Crippen LogP contribution in [0, 0.1) is 0 Å². The van der Waals surface area contributed by atoms with E-state index < -0.39 is 5.97 Å². The normalized spacial score (nSPS) is 17.5. The second kappa shape index (κ2) is 5.29. The van der Waals surface area contributed by atoms with Crippen molar-refractivity contribution < 1.29 is 14.7 Å². The van der Waals surface area contributed by atoms with E-state index in [0.717, 1.165) is 18.0 Å². The van der Waals surface area contributed by atoms with Gasteiger partial charge >= 0.3 is 5.97 Å². The molecule has 0 atom stereocenters. The number of carboxylic acid groups (broad SMARTS) is 1. The van der Waals surface area contributed by atoms with Crippen LogP contribution in [0.4, 0.5) is 0 Å². The zero-order chi connectivity index (χ0) is 12.3. The Morgan fingerprint density at radius 2 is 2.29 bits per heavy atom. The van der Waals surface area contributed by atoms with Crippen LogP contribution in [0.1, 0.15) is 21.0 Å². The van der Waals surface area contributed by atoms with Gasteiger partial charge in [-0.3, -0.25) is 9.69 Å². The monoisotopic (exact) mass is 254 g/mol. The summed E-state index contributed by atoms with van der Waals surface area (Å²) in [6.07, 6.45) is 0.511. The van der Waals surface area contributed by atoms with E-state index in [9.17, 15) is 9.59 Å². The maximum absolute atomic E-state index is 11.2. The minimum atomic E-state index is -0.881. The highest BCUT2D eigenvalue weighted by atomic mass is 32.1. The van der Waals surface area contributed by atoms with Crippen molar-refractivity contribution in [2.24, 2.45) is 0 Å². The maximum Gasteiger partial charge on any atom is 0.345 e. The molecule has 0 saturated carbocycles.